The number of amides is 1. The lowest BCUT2D eigenvalue weighted by molar-refractivity contribution is -0.159. The molecule has 0 spiro atoms. The molecule has 0 saturated carbocycles. The van der Waals surface area contributed by atoms with Crippen molar-refractivity contribution in [2.24, 2.45) is 0 Å². The van der Waals surface area contributed by atoms with Gasteiger partial charge in [-0.3, -0.25) is 0 Å². The summed E-state index contributed by atoms with van der Waals surface area (Å²) in [6, 6.07) is 9.14. The maximum Gasteiger partial charge on any atom is 0.407 e. The molecule has 3 N–H and O–H groups in total. The van der Waals surface area contributed by atoms with Crippen LogP contribution in [0.15, 0.2) is 30.3 Å². The van der Waals surface area contributed by atoms with Gasteiger partial charge < -0.3 is 25.0 Å². The summed E-state index contributed by atoms with van der Waals surface area (Å²) >= 11 is 0. The molecule has 146 valence electrons. The summed E-state index contributed by atoms with van der Waals surface area (Å²) in [6.45, 7) is 3.92. The van der Waals surface area contributed by atoms with Crippen LogP contribution < -0.4 is 5.32 Å². The zero-order valence-corrected chi connectivity index (χ0v) is 15.4. The molecular formula is C19H29NO6. The van der Waals surface area contributed by atoms with Crippen molar-refractivity contribution in [2.75, 3.05) is 6.61 Å². The fourth-order valence-electron chi connectivity index (χ4n) is 2.48. The third-order valence-corrected chi connectivity index (χ3v) is 3.88. The predicted octanol–water partition coefficient (Wildman–Crippen LogP) is 2.15. The summed E-state index contributed by atoms with van der Waals surface area (Å²) in [5, 5.41) is 22.4. The molecule has 0 fully saturated rings. The van der Waals surface area contributed by atoms with Crippen molar-refractivity contribution in [1.29, 1.82) is 0 Å². The summed E-state index contributed by atoms with van der Waals surface area (Å²) in [6.07, 6.45) is -1.26. The van der Waals surface area contributed by atoms with Gasteiger partial charge in [-0.25, -0.2) is 9.59 Å². The standard InChI is InChI=1S/C19H29NO6/c1-3-8-15(11-12-16(21)17(22)18(23)25-4-2)20-19(24)26-13-14-9-6-5-7-10-14/h5-7,9-10,15-17,21-22H,3-4,8,11-13H2,1-2H3,(H,20,24)/t15-,16+,17-/m0/s1. The lowest BCUT2D eigenvalue weighted by atomic mass is 10.0. The van der Waals surface area contributed by atoms with Crippen LogP contribution >= 0.6 is 0 Å². The summed E-state index contributed by atoms with van der Waals surface area (Å²) in [5.41, 5.74) is 0.891. The Hall–Kier alpha value is -2.12. The highest BCUT2D eigenvalue weighted by Gasteiger charge is 2.26. The van der Waals surface area contributed by atoms with Gasteiger partial charge in [-0.1, -0.05) is 43.7 Å². The Morgan fingerprint density at radius 3 is 2.35 bits per heavy atom. The molecule has 26 heavy (non-hydrogen) atoms. The average molecular weight is 367 g/mol. The predicted molar refractivity (Wildman–Crippen MR) is 96.3 cm³/mol. The summed E-state index contributed by atoms with van der Waals surface area (Å²) < 4.78 is 9.87. The van der Waals surface area contributed by atoms with E-state index in [0.29, 0.717) is 12.8 Å². The fourth-order valence-corrected chi connectivity index (χ4v) is 2.48. The van der Waals surface area contributed by atoms with Gasteiger partial charge >= 0.3 is 12.1 Å². The Balaban J connectivity index is 2.42. The van der Waals surface area contributed by atoms with E-state index in [2.05, 4.69) is 10.1 Å². The van der Waals surface area contributed by atoms with Crippen LogP contribution in [0.3, 0.4) is 0 Å². The van der Waals surface area contributed by atoms with E-state index >= 15 is 0 Å². The zero-order valence-electron chi connectivity index (χ0n) is 15.4. The third kappa shape index (κ3) is 8.31. The molecule has 0 unspecified atom stereocenters. The molecule has 0 bridgehead atoms. The van der Waals surface area contributed by atoms with Gasteiger partial charge in [-0.2, -0.15) is 0 Å². The quantitative estimate of drug-likeness (QED) is 0.518. The van der Waals surface area contributed by atoms with Gasteiger partial charge in [0.25, 0.3) is 0 Å². The SMILES string of the molecule is CCC[C@@H](CC[C@@H](O)[C@H](O)C(=O)OCC)NC(=O)OCc1ccccc1. The van der Waals surface area contributed by atoms with Crippen LogP contribution in [0.5, 0.6) is 0 Å². The molecule has 0 aromatic heterocycles. The number of hydrogen-bond donors (Lipinski definition) is 3. The number of benzene rings is 1. The van der Waals surface area contributed by atoms with E-state index in [9.17, 15) is 19.8 Å². The molecule has 1 amide bonds. The minimum Gasteiger partial charge on any atom is -0.464 e. The lowest BCUT2D eigenvalue weighted by Gasteiger charge is -2.21. The maximum atomic E-state index is 12.0. The van der Waals surface area contributed by atoms with Crippen molar-refractivity contribution in [3.05, 3.63) is 35.9 Å². The molecule has 7 nitrogen and oxygen atoms in total. The molecule has 7 heteroatoms. The van der Waals surface area contributed by atoms with E-state index < -0.39 is 24.3 Å². The van der Waals surface area contributed by atoms with Crippen molar-refractivity contribution in [1.82, 2.24) is 5.32 Å². The molecular weight excluding hydrogens is 338 g/mol. The minimum absolute atomic E-state index is 0.135. The van der Waals surface area contributed by atoms with Gasteiger partial charge in [-0.15, -0.1) is 0 Å². The van der Waals surface area contributed by atoms with Crippen LogP contribution in [-0.2, 0) is 20.9 Å². The normalized spacial score (nSPS) is 14.2. The van der Waals surface area contributed by atoms with Crippen LogP contribution in [0.4, 0.5) is 4.79 Å². The number of carbonyl (C=O) groups excluding carboxylic acids is 2. The molecule has 0 aliphatic carbocycles. The number of aliphatic hydroxyl groups excluding tert-OH is 2. The van der Waals surface area contributed by atoms with Crippen molar-refractivity contribution < 1.29 is 29.3 Å². The van der Waals surface area contributed by atoms with Crippen LogP contribution in [0, 0.1) is 0 Å². The number of rotatable bonds is 11. The molecule has 0 radical (unpaired) electrons. The second-order valence-corrected chi connectivity index (χ2v) is 6.03. The number of aliphatic hydroxyl groups is 2. The van der Waals surface area contributed by atoms with Gasteiger partial charge in [0.2, 0.25) is 0 Å². The molecule has 0 aliphatic rings. The van der Waals surface area contributed by atoms with Crippen molar-refractivity contribution >= 4 is 12.1 Å². The average Bonchev–Trinajstić information content (AvgIpc) is 2.64. The number of ether oxygens (including phenoxy) is 2. The summed E-state index contributed by atoms with van der Waals surface area (Å²) in [5.74, 6) is -0.845. The van der Waals surface area contributed by atoms with E-state index in [1.54, 1.807) is 6.92 Å². The van der Waals surface area contributed by atoms with E-state index in [1.165, 1.54) is 0 Å². The van der Waals surface area contributed by atoms with Crippen LogP contribution in [-0.4, -0.2) is 47.1 Å². The highest BCUT2D eigenvalue weighted by molar-refractivity contribution is 5.75. The lowest BCUT2D eigenvalue weighted by Crippen LogP contribution is -2.39. The van der Waals surface area contributed by atoms with Gasteiger partial charge in [0.05, 0.1) is 12.7 Å². The molecule has 1 aromatic carbocycles. The molecule has 3 atom stereocenters. The van der Waals surface area contributed by atoms with Gasteiger partial charge in [0, 0.05) is 6.04 Å². The second kappa shape index (κ2) is 12.3. The second-order valence-electron chi connectivity index (χ2n) is 6.03. The van der Waals surface area contributed by atoms with E-state index in [0.717, 1.165) is 12.0 Å². The maximum absolute atomic E-state index is 12.0. The van der Waals surface area contributed by atoms with Gasteiger partial charge in [0.15, 0.2) is 6.10 Å². The van der Waals surface area contributed by atoms with Crippen LogP contribution in [0.1, 0.15) is 45.1 Å². The third-order valence-electron chi connectivity index (χ3n) is 3.88. The van der Waals surface area contributed by atoms with E-state index in [4.69, 9.17) is 4.74 Å². The topological polar surface area (TPSA) is 105 Å². The Morgan fingerprint density at radius 1 is 1.04 bits per heavy atom. The first-order valence-electron chi connectivity index (χ1n) is 8.97. The first-order valence-corrected chi connectivity index (χ1v) is 8.97. The minimum atomic E-state index is -1.58. The van der Waals surface area contributed by atoms with Crippen molar-refractivity contribution in [3.8, 4) is 0 Å². The smallest absolute Gasteiger partial charge is 0.407 e. The Labute approximate surface area is 154 Å². The largest absolute Gasteiger partial charge is 0.464 e. The molecule has 1 rings (SSSR count). The van der Waals surface area contributed by atoms with Crippen molar-refractivity contribution in [2.45, 2.75) is 64.4 Å². The van der Waals surface area contributed by atoms with Gasteiger partial charge in [-0.05, 0) is 31.7 Å². The van der Waals surface area contributed by atoms with E-state index in [1.807, 2.05) is 37.3 Å². The first-order chi connectivity index (χ1) is 12.5. The molecule has 1 aromatic rings. The zero-order chi connectivity index (χ0) is 19.4. The van der Waals surface area contributed by atoms with Gasteiger partial charge in [0.1, 0.15) is 6.61 Å². The summed E-state index contributed by atoms with van der Waals surface area (Å²) in [7, 11) is 0. The number of nitrogens with one attached hydrogen (secondary N) is 1. The number of carbonyl (C=O) groups is 2. The van der Waals surface area contributed by atoms with Crippen LogP contribution in [0.2, 0.25) is 0 Å². The highest BCUT2D eigenvalue weighted by Crippen LogP contribution is 2.11. The highest BCUT2D eigenvalue weighted by atomic mass is 16.6. The van der Waals surface area contributed by atoms with Crippen LogP contribution in [0.25, 0.3) is 0 Å². The Morgan fingerprint density at radius 2 is 1.73 bits per heavy atom. The summed E-state index contributed by atoms with van der Waals surface area (Å²) in [4.78, 5) is 23.4. The molecule has 0 aliphatic heterocycles. The van der Waals surface area contributed by atoms with Crippen molar-refractivity contribution in [3.63, 3.8) is 0 Å². The monoisotopic (exact) mass is 367 g/mol. The Bertz CT molecular complexity index is 536. The fraction of sp³-hybridized carbons (Fsp3) is 0.579. The number of hydrogen-bond acceptors (Lipinski definition) is 6. The Kier molecular flexibility index (Phi) is 10.3. The number of alkyl carbamates (subject to hydrolysis) is 1. The number of esters is 1. The first kappa shape index (κ1) is 21.9. The van der Waals surface area contributed by atoms with E-state index in [-0.39, 0.29) is 25.7 Å². The molecule has 0 heterocycles. The molecule has 0 saturated heterocycles.